The molecule has 32 heavy (non-hydrogen) atoms. The molecule has 0 saturated carbocycles. The van der Waals surface area contributed by atoms with Gasteiger partial charge in [0.2, 0.25) is 0 Å². The second kappa shape index (κ2) is 9.27. The van der Waals surface area contributed by atoms with Gasteiger partial charge in [0.1, 0.15) is 32.2 Å². The fourth-order valence-corrected chi connectivity index (χ4v) is 5.59. The highest BCUT2D eigenvalue weighted by Crippen LogP contribution is 2.31. The normalized spacial score (nSPS) is 22.7. The smallest absolute Gasteiger partial charge is 0.282 e. The SMILES string of the molecule is C[C@@H]1Cc2ccccc2N1C(=O)C[NH+]1CC[NH+](C(c2ccccc2)c2ccccc2)CC1. The largest absolute Gasteiger partial charge is 0.318 e. The number of anilines is 1. The maximum atomic E-state index is 13.2. The van der Waals surface area contributed by atoms with Gasteiger partial charge in [-0.05, 0) is 25.0 Å². The molecule has 1 atom stereocenters. The fraction of sp³-hybridized carbons (Fsp3) is 0.321. The zero-order valence-corrected chi connectivity index (χ0v) is 18.8. The van der Waals surface area contributed by atoms with Gasteiger partial charge in [-0.2, -0.15) is 0 Å². The third kappa shape index (κ3) is 4.21. The summed E-state index contributed by atoms with van der Waals surface area (Å²) >= 11 is 0. The van der Waals surface area contributed by atoms with Crippen molar-refractivity contribution in [2.45, 2.75) is 25.4 Å². The van der Waals surface area contributed by atoms with Crippen LogP contribution in [0.4, 0.5) is 5.69 Å². The first-order chi connectivity index (χ1) is 15.7. The Morgan fingerprint density at radius 3 is 2.03 bits per heavy atom. The minimum absolute atomic E-state index is 0.256. The Hall–Kier alpha value is -2.95. The van der Waals surface area contributed by atoms with E-state index in [0.29, 0.717) is 12.6 Å². The first kappa shape index (κ1) is 20.9. The zero-order valence-electron chi connectivity index (χ0n) is 18.8. The molecule has 4 heteroatoms. The van der Waals surface area contributed by atoms with Gasteiger partial charge in [-0.25, -0.2) is 0 Å². The summed E-state index contributed by atoms with van der Waals surface area (Å²) in [5.74, 6) is 0.267. The maximum Gasteiger partial charge on any atom is 0.282 e. The molecule has 2 aliphatic rings. The Kier molecular flexibility index (Phi) is 6.06. The van der Waals surface area contributed by atoms with Crippen molar-refractivity contribution in [2.75, 3.05) is 37.6 Å². The number of carbonyl (C=O) groups excluding carboxylic acids is 1. The van der Waals surface area contributed by atoms with Gasteiger partial charge in [-0.15, -0.1) is 0 Å². The summed E-state index contributed by atoms with van der Waals surface area (Å²) in [6, 6.07) is 30.7. The first-order valence-corrected chi connectivity index (χ1v) is 11.9. The number of quaternary nitrogens is 2. The van der Waals surface area contributed by atoms with Crippen LogP contribution in [-0.2, 0) is 11.2 Å². The zero-order chi connectivity index (χ0) is 21.9. The fourth-order valence-electron chi connectivity index (χ4n) is 5.59. The van der Waals surface area contributed by atoms with E-state index in [-0.39, 0.29) is 11.9 Å². The Labute approximate surface area is 191 Å². The van der Waals surface area contributed by atoms with Gasteiger partial charge < -0.3 is 14.7 Å². The molecule has 0 aliphatic carbocycles. The lowest BCUT2D eigenvalue weighted by Crippen LogP contribution is -3.28. The topological polar surface area (TPSA) is 29.2 Å². The summed E-state index contributed by atoms with van der Waals surface area (Å²) in [7, 11) is 0. The molecule has 0 radical (unpaired) electrons. The average Bonchev–Trinajstić information content (AvgIpc) is 3.17. The predicted molar refractivity (Wildman–Crippen MR) is 128 cm³/mol. The molecule has 2 aliphatic heterocycles. The second-order valence-electron chi connectivity index (χ2n) is 9.29. The van der Waals surface area contributed by atoms with Crippen molar-refractivity contribution in [3.05, 3.63) is 102 Å². The summed E-state index contributed by atoms with van der Waals surface area (Å²) in [4.78, 5) is 18.3. The predicted octanol–water partition coefficient (Wildman–Crippen LogP) is 1.54. The van der Waals surface area contributed by atoms with Gasteiger partial charge in [-0.1, -0.05) is 78.9 Å². The number of para-hydroxylation sites is 1. The molecule has 1 fully saturated rings. The number of amides is 1. The van der Waals surface area contributed by atoms with Crippen molar-refractivity contribution in [2.24, 2.45) is 0 Å². The van der Waals surface area contributed by atoms with E-state index in [4.69, 9.17) is 0 Å². The molecular formula is C28H33N3O+2. The van der Waals surface area contributed by atoms with Crippen LogP contribution in [-0.4, -0.2) is 44.7 Å². The van der Waals surface area contributed by atoms with E-state index in [1.165, 1.54) is 21.6 Å². The molecule has 0 bridgehead atoms. The molecule has 1 saturated heterocycles. The number of hydrogen-bond acceptors (Lipinski definition) is 1. The lowest BCUT2D eigenvalue weighted by Gasteiger charge is -2.35. The summed E-state index contributed by atoms with van der Waals surface area (Å²) in [5.41, 5.74) is 5.15. The van der Waals surface area contributed by atoms with Crippen LogP contribution in [0.2, 0.25) is 0 Å². The van der Waals surface area contributed by atoms with Crippen LogP contribution in [0.5, 0.6) is 0 Å². The highest BCUT2D eigenvalue weighted by molar-refractivity contribution is 5.96. The summed E-state index contributed by atoms with van der Waals surface area (Å²) < 4.78 is 0. The number of carbonyl (C=O) groups is 1. The van der Waals surface area contributed by atoms with E-state index in [9.17, 15) is 4.79 Å². The van der Waals surface area contributed by atoms with Crippen LogP contribution in [0.15, 0.2) is 84.9 Å². The van der Waals surface area contributed by atoms with Gasteiger partial charge in [0.15, 0.2) is 6.54 Å². The van der Waals surface area contributed by atoms with Crippen LogP contribution in [0.1, 0.15) is 29.7 Å². The molecule has 5 rings (SSSR count). The molecular weight excluding hydrogens is 394 g/mol. The quantitative estimate of drug-likeness (QED) is 0.636. The van der Waals surface area contributed by atoms with Gasteiger partial charge in [-0.3, -0.25) is 4.79 Å². The monoisotopic (exact) mass is 427 g/mol. The molecule has 3 aromatic rings. The van der Waals surface area contributed by atoms with E-state index in [1.807, 2.05) is 11.0 Å². The molecule has 3 aromatic carbocycles. The standard InChI is InChI=1S/C28H31N3O/c1-22-20-25-14-8-9-15-26(25)31(22)27(32)21-29-16-18-30(19-17-29)28(23-10-4-2-5-11-23)24-12-6-3-7-13-24/h2-15,22,28H,16-21H2,1H3/p+2/t22-/m1/s1. The highest BCUT2D eigenvalue weighted by atomic mass is 16.2. The van der Waals surface area contributed by atoms with E-state index < -0.39 is 0 Å². The van der Waals surface area contributed by atoms with Gasteiger partial charge in [0.05, 0.1) is 0 Å². The Morgan fingerprint density at radius 1 is 0.844 bits per heavy atom. The molecule has 0 unspecified atom stereocenters. The molecule has 0 spiro atoms. The van der Waals surface area contributed by atoms with E-state index in [1.54, 1.807) is 4.90 Å². The molecule has 1 amide bonds. The van der Waals surface area contributed by atoms with Crippen molar-refractivity contribution < 1.29 is 14.6 Å². The lowest BCUT2D eigenvalue weighted by molar-refractivity contribution is -1.02. The number of hydrogen-bond donors (Lipinski definition) is 2. The van der Waals surface area contributed by atoms with E-state index >= 15 is 0 Å². The lowest BCUT2D eigenvalue weighted by atomic mass is 9.96. The minimum atomic E-state index is 0.256. The number of piperazine rings is 1. The van der Waals surface area contributed by atoms with Gasteiger partial charge in [0.25, 0.3) is 5.91 Å². The molecule has 2 N–H and O–H groups in total. The first-order valence-electron chi connectivity index (χ1n) is 11.9. The summed E-state index contributed by atoms with van der Waals surface area (Å²) in [5, 5.41) is 0. The molecule has 2 heterocycles. The Morgan fingerprint density at radius 2 is 1.41 bits per heavy atom. The molecule has 164 valence electrons. The Bertz CT molecular complexity index is 1010. The number of rotatable bonds is 5. The van der Waals surface area contributed by atoms with Crippen molar-refractivity contribution in [3.63, 3.8) is 0 Å². The number of nitrogens with one attached hydrogen (secondary N) is 2. The number of nitrogens with zero attached hydrogens (tertiary/aromatic N) is 1. The highest BCUT2D eigenvalue weighted by Gasteiger charge is 2.36. The maximum absolute atomic E-state index is 13.2. The Balaban J connectivity index is 1.26. The van der Waals surface area contributed by atoms with Crippen molar-refractivity contribution in [1.82, 2.24) is 0 Å². The van der Waals surface area contributed by atoms with Crippen LogP contribution < -0.4 is 14.7 Å². The third-order valence-corrected chi connectivity index (χ3v) is 7.15. The van der Waals surface area contributed by atoms with Gasteiger partial charge >= 0.3 is 0 Å². The van der Waals surface area contributed by atoms with Gasteiger partial charge in [0, 0.05) is 22.9 Å². The van der Waals surface area contributed by atoms with Crippen LogP contribution in [0, 0.1) is 0 Å². The molecule has 0 aromatic heterocycles. The van der Waals surface area contributed by atoms with Crippen LogP contribution >= 0.6 is 0 Å². The average molecular weight is 428 g/mol. The number of benzene rings is 3. The number of fused-ring (bicyclic) bond motifs is 1. The van der Waals surface area contributed by atoms with Crippen LogP contribution in [0.3, 0.4) is 0 Å². The minimum Gasteiger partial charge on any atom is -0.318 e. The van der Waals surface area contributed by atoms with E-state index in [2.05, 4.69) is 85.8 Å². The van der Waals surface area contributed by atoms with Crippen molar-refractivity contribution in [1.29, 1.82) is 0 Å². The van der Waals surface area contributed by atoms with Crippen molar-refractivity contribution >= 4 is 11.6 Å². The summed E-state index contributed by atoms with van der Waals surface area (Å²) in [6.07, 6.45) is 0.963. The molecule has 4 nitrogen and oxygen atoms in total. The third-order valence-electron chi connectivity index (χ3n) is 7.15. The van der Waals surface area contributed by atoms with E-state index in [0.717, 1.165) is 38.3 Å². The van der Waals surface area contributed by atoms with Crippen molar-refractivity contribution in [3.8, 4) is 0 Å². The summed E-state index contributed by atoms with van der Waals surface area (Å²) in [6.45, 7) is 6.96. The second-order valence-corrected chi connectivity index (χ2v) is 9.29. The van der Waals surface area contributed by atoms with Crippen LogP contribution in [0.25, 0.3) is 0 Å².